The molecule has 2 atom stereocenters. The highest BCUT2D eigenvalue weighted by molar-refractivity contribution is 5.15. The summed E-state index contributed by atoms with van der Waals surface area (Å²) in [6, 6.07) is 19.5. The third kappa shape index (κ3) is 12.1. The van der Waals surface area contributed by atoms with Crippen LogP contribution in [0.3, 0.4) is 0 Å². The van der Waals surface area contributed by atoms with Crippen molar-refractivity contribution in [1.29, 1.82) is 0 Å². The largest absolute Gasteiger partial charge is 0.306 e. The molecule has 50 heavy (non-hydrogen) atoms. The molecule has 0 radical (unpaired) electrons. The molecule has 6 aliphatic heterocycles. The third-order valence-corrected chi connectivity index (χ3v) is 10.6. The van der Waals surface area contributed by atoms with Gasteiger partial charge in [0.1, 0.15) is 0 Å². The Morgan fingerprint density at radius 3 is 0.900 bits per heavy atom. The maximum Gasteiger partial charge on any atom is 0.0548 e. The molecule has 1 saturated heterocycles. The Balaban J connectivity index is 0.000000174. The van der Waals surface area contributed by atoms with Crippen LogP contribution >= 0.6 is 0 Å². The van der Waals surface area contributed by atoms with Gasteiger partial charge in [-0.3, -0.25) is 34.6 Å². The normalized spacial score (nSPS) is 26.7. The fourth-order valence-electron chi connectivity index (χ4n) is 7.68. The number of hydrogen-bond donors (Lipinski definition) is 0. The van der Waals surface area contributed by atoms with Gasteiger partial charge < -0.3 is 14.7 Å². The molecule has 6 aliphatic rings. The summed E-state index contributed by atoms with van der Waals surface area (Å²) in [7, 11) is 6.78. The predicted octanol–water partition coefficient (Wildman–Crippen LogP) is 3.88. The van der Waals surface area contributed by atoms with Crippen LogP contribution in [0.1, 0.15) is 59.8 Å². The predicted molar refractivity (Wildman–Crippen MR) is 202 cm³/mol. The topological polar surface area (TPSA) is 61.4 Å². The number of hydrogen-bond acceptors (Lipinski definition) is 10. The molecule has 10 bridgehead atoms. The van der Waals surface area contributed by atoms with Crippen LogP contribution in [0.5, 0.6) is 0 Å². The molecule has 3 aromatic heterocycles. The zero-order valence-corrected chi connectivity index (χ0v) is 31.2. The van der Waals surface area contributed by atoms with Crippen molar-refractivity contribution in [3.8, 4) is 0 Å². The van der Waals surface area contributed by atoms with Gasteiger partial charge in [0, 0.05) is 78.5 Å². The maximum atomic E-state index is 4.95. The highest BCUT2D eigenvalue weighted by Crippen LogP contribution is 2.16. The van der Waals surface area contributed by atoms with E-state index in [1.165, 1.54) is 72.9 Å². The van der Waals surface area contributed by atoms with Gasteiger partial charge in [0.15, 0.2) is 0 Å². The first-order valence-electron chi connectivity index (χ1n) is 19.2. The molecule has 10 nitrogen and oxygen atoms in total. The van der Waals surface area contributed by atoms with Gasteiger partial charge in [0.05, 0.1) is 34.2 Å². The summed E-state index contributed by atoms with van der Waals surface area (Å²) in [6.07, 6.45) is 4.84. The molecule has 10 heteroatoms. The molecular weight excluding hydrogens is 621 g/mol. The minimum absolute atomic E-state index is 0.892. The van der Waals surface area contributed by atoms with E-state index < -0.39 is 0 Å². The van der Waals surface area contributed by atoms with Crippen LogP contribution in [0.15, 0.2) is 54.6 Å². The molecule has 9 heterocycles. The average molecular weight is 683 g/mol. The van der Waals surface area contributed by atoms with Crippen molar-refractivity contribution in [3.63, 3.8) is 0 Å². The Kier molecular flexibility index (Phi) is 14.1. The van der Waals surface area contributed by atoms with Crippen molar-refractivity contribution in [2.45, 2.75) is 65.0 Å². The van der Waals surface area contributed by atoms with E-state index in [0.717, 1.165) is 105 Å². The second-order valence-electron chi connectivity index (χ2n) is 15.2. The van der Waals surface area contributed by atoms with Gasteiger partial charge in [-0.1, -0.05) is 18.2 Å². The summed E-state index contributed by atoms with van der Waals surface area (Å²) < 4.78 is 0. The summed E-state index contributed by atoms with van der Waals surface area (Å²) in [6.45, 7) is 19.2. The quantitative estimate of drug-likeness (QED) is 0.350. The summed E-state index contributed by atoms with van der Waals surface area (Å²) in [5.74, 6) is 0. The van der Waals surface area contributed by atoms with Crippen molar-refractivity contribution in [1.82, 2.24) is 49.3 Å². The van der Waals surface area contributed by atoms with Crippen LogP contribution in [-0.4, -0.2) is 149 Å². The Morgan fingerprint density at radius 1 is 0.320 bits per heavy atom. The second-order valence-corrected chi connectivity index (χ2v) is 15.2. The van der Waals surface area contributed by atoms with E-state index in [2.05, 4.69) is 110 Å². The first-order valence-corrected chi connectivity index (χ1v) is 19.2. The molecule has 0 spiro atoms. The molecule has 0 N–H and O–H groups in total. The lowest BCUT2D eigenvalue weighted by Crippen LogP contribution is -2.40. The number of likely N-dealkylation sites (N-methyl/N-ethyl adjacent to an activating group) is 1. The Labute approximate surface area is 302 Å². The molecule has 0 saturated carbocycles. The molecule has 0 aliphatic carbocycles. The third-order valence-electron chi connectivity index (χ3n) is 10.6. The lowest BCUT2D eigenvalue weighted by Gasteiger charge is -2.31. The van der Waals surface area contributed by atoms with Gasteiger partial charge in [0.2, 0.25) is 0 Å². The first-order chi connectivity index (χ1) is 24.4. The van der Waals surface area contributed by atoms with Crippen LogP contribution < -0.4 is 0 Å². The number of aromatic nitrogens is 3. The van der Waals surface area contributed by atoms with Crippen molar-refractivity contribution < 1.29 is 0 Å². The van der Waals surface area contributed by atoms with Crippen LogP contribution in [0.25, 0.3) is 0 Å². The smallest absolute Gasteiger partial charge is 0.0548 e. The molecule has 1 fully saturated rings. The Morgan fingerprint density at radius 2 is 0.580 bits per heavy atom. The highest BCUT2D eigenvalue weighted by Gasteiger charge is 2.18. The van der Waals surface area contributed by atoms with Gasteiger partial charge in [-0.15, -0.1) is 0 Å². The van der Waals surface area contributed by atoms with Gasteiger partial charge in [-0.05, 0) is 122 Å². The van der Waals surface area contributed by atoms with Crippen LogP contribution in [0.4, 0.5) is 0 Å². The lowest BCUT2D eigenvalue weighted by molar-refractivity contribution is 0.165. The first kappa shape index (κ1) is 36.9. The van der Waals surface area contributed by atoms with Gasteiger partial charge in [0.25, 0.3) is 0 Å². The van der Waals surface area contributed by atoms with Crippen molar-refractivity contribution in [3.05, 3.63) is 88.8 Å². The van der Waals surface area contributed by atoms with Crippen molar-refractivity contribution in [2.75, 3.05) is 99.7 Å². The molecule has 2 unspecified atom stereocenters. The average Bonchev–Trinajstić information content (AvgIpc) is 3.09. The zero-order valence-electron chi connectivity index (χ0n) is 31.2. The standard InChI is InChI=1S/C21H29N5.C19H33N5/c1-24-10-4-12-25-14-18-6-2-7-19(22-18)15-26(13-5-11-24)17-21-9-3-8-20(16-25)23-21;1-21-8-4-10-23-14-12-22(2)13-15-24(11-5-9-21)17-19-7-3-6-18(16-23)20-19/h2-3,6-9H,4-5,10-17H2,1H3;3,6-7H,4-5,8-17H2,1-2H3. The Bertz CT molecular complexity index is 1310. The number of fused-ring (bicyclic) bond motifs is 16. The fourth-order valence-corrected chi connectivity index (χ4v) is 7.68. The van der Waals surface area contributed by atoms with E-state index in [9.17, 15) is 0 Å². The van der Waals surface area contributed by atoms with E-state index in [4.69, 9.17) is 15.0 Å². The lowest BCUT2D eigenvalue weighted by atomic mass is 10.2. The fraction of sp³-hybridized carbons (Fsp3) is 0.625. The summed E-state index contributed by atoms with van der Waals surface area (Å²) in [5, 5.41) is 0. The molecule has 9 rings (SSSR count). The highest BCUT2D eigenvalue weighted by atomic mass is 15.2. The molecular formula is C40H62N10. The van der Waals surface area contributed by atoms with Crippen molar-refractivity contribution in [2.24, 2.45) is 0 Å². The minimum atomic E-state index is 0.892. The van der Waals surface area contributed by atoms with E-state index in [1.54, 1.807) is 0 Å². The maximum absolute atomic E-state index is 4.95. The van der Waals surface area contributed by atoms with E-state index >= 15 is 0 Å². The van der Waals surface area contributed by atoms with E-state index in [-0.39, 0.29) is 0 Å². The number of nitrogens with zero attached hydrogens (tertiary/aromatic N) is 10. The second kappa shape index (κ2) is 19.1. The number of rotatable bonds is 0. The zero-order chi connectivity index (χ0) is 34.5. The SMILES string of the molecule is CN1CCCN2CCN(C)CCN(CCC1)Cc1cccc(n1)C2.CN1CCCN2Cc3cccc(n3)CN(CCC1)Cc1cccc(n1)C2. The molecule has 0 aromatic carbocycles. The monoisotopic (exact) mass is 683 g/mol. The van der Waals surface area contributed by atoms with Crippen LogP contribution in [0, 0.1) is 0 Å². The van der Waals surface area contributed by atoms with Gasteiger partial charge >= 0.3 is 0 Å². The van der Waals surface area contributed by atoms with E-state index in [1.807, 2.05) is 0 Å². The molecule has 272 valence electrons. The summed E-state index contributed by atoms with van der Waals surface area (Å²) >= 11 is 0. The minimum Gasteiger partial charge on any atom is -0.306 e. The Hall–Kier alpha value is -2.83. The molecule has 3 aromatic rings. The van der Waals surface area contributed by atoms with Crippen LogP contribution in [0.2, 0.25) is 0 Å². The number of pyridine rings is 3. The van der Waals surface area contributed by atoms with Crippen molar-refractivity contribution >= 4 is 0 Å². The van der Waals surface area contributed by atoms with Crippen LogP contribution in [-0.2, 0) is 39.3 Å². The molecule has 0 amide bonds. The summed E-state index contributed by atoms with van der Waals surface area (Å²) in [4.78, 5) is 32.5. The summed E-state index contributed by atoms with van der Waals surface area (Å²) in [5.41, 5.74) is 7.13. The van der Waals surface area contributed by atoms with Gasteiger partial charge in [-0.25, -0.2) is 0 Å². The van der Waals surface area contributed by atoms with E-state index in [0.29, 0.717) is 0 Å². The van der Waals surface area contributed by atoms with Gasteiger partial charge in [-0.2, -0.15) is 0 Å².